The van der Waals surface area contributed by atoms with Crippen LogP contribution in [-0.2, 0) is 6.54 Å². The highest BCUT2D eigenvalue weighted by atomic mass is 16.2. The minimum atomic E-state index is -0.487. The molecule has 2 rings (SSSR count). The van der Waals surface area contributed by atoms with Gasteiger partial charge in [-0.15, -0.1) is 0 Å². The van der Waals surface area contributed by atoms with E-state index >= 15 is 0 Å². The lowest BCUT2D eigenvalue weighted by Crippen LogP contribution is -2.37. The predicted molar refractivity (Wildman–Crippen MR) is 59.4 cm³/mol. The molecule has 82 valence electrons. The summed E-state index contributed by atoms with van der Waals surface area (Å²) in [7, 11) is 0. The molecule has 0 saturated carbocycles. The van der Waals surface area contributed by atoms with Crippen LogP contribution in [0.15, 0.2) is 39.9 Å². The number of aromatic amines is 1. The largest absolute Gasteiger partial charge is 0.345 e. The predicted octanol–water partition coefficient (Wildman–Crippen LogP) is 0.288. The number of benzene rings is 1. The Hall–Kier alpha value is -2.17. The first kappa shape index (κ1) is 10.4. The van der Waals surface area contributed by atoms with Gasteiger partial charge in [-0.05, 0) is 12.5 Å². The van der Waals surface area contributed by atoms with Gasteiger partial charge in [0, 0.05) is 0 Å². The zero-order chi connectivity index (χ0) is 11.5. The monoisotopic (exact) mass is 217 g/mol. The van der Waals surface area contributed by atoms with Crippen molar-refractivity contribution in [3.63, 3.8) is 0 Å². The number of hydrogen-bond acceptors (Lipinski definition) is 3. The lowest BCUT2D eigenvalue weighted by Gasteiger charge is -2.04. The molecule has 0 radical (unpaired) electrons. The number of rotatable bonds is 2. The van der Waals surface area contributed by atoms with E-state index in [-0.39, 0.29) is 17.8 Å². The molecule has 0 spiro atoms. The third kappa shape index (κ3) is 1.93. The molecule has 1 N–H and O–H groups in total. The molecular formula is C11H11N3O2. The summed E-state index contributed by atoms with van der Waals surface area (Å²) in [4.78, 5) is 23.1. The highest BCUT2D eigenvalue weighted by molar-refractivity contribution is 5.15. The van der Waals surface area contributed by atoms with Crippen molar-refractivity contribution < 1.29 is 0 Å². The van der Waals surface area contributed by atoms with Crippen molar-refractivity contribution in [2.45, 2.75) is 13.5 Å². The van der Waals surface area contributed by atoms with Crippen LogP contribution in [0.4, 0.5) is 0 Å². The number of nitrogens with zero attached hydrogens (tertiary/aromatic N) is 2. The van der Waals surface area contributed by atoms with Crippen LogP contribution in [0.1, 0.15) is 11.3 Å². The molecule has 1 aromatic heterocycles. The molecule has 0 amide bonds. The van der Waals surface area contributed by atoms with Gasteiger partial charge in [0.05, 0.1) is 6.54 Å². The third-order valence-corrected chi connectivity index (χ3v) is 2.30. The smallest absolute Gasteiger partial charge is 0.267 e. The van der Waals surface area contributed by atoms with Crippen molar-refractivity contribution in [1.82, 2.24) is 14.8 Å². The number of hydrogen-bond donors (Lipinski definition) is 1. The number of aromatic nitrogens is 3. The fraction of sp³-hybridized carbons (Fsp3) is 0.182. The van der Waals surface area contributed by atoms with Gasteiger partial charge in [0.2, 0.25) is 0 Å². The van der Waals surface area contributed by atoms with E-state index in [4.69, 9.17) is 0 Å². The summed E-state index contributed by atoms with van der Waals surface area (Å²) in [5.41, 5.74) is 0.350. The fourth-order valence-corrected chi connectivity index (χ4v) is 1.44. The quantitative estimate of drug-likeness (QED) is 0.786. The molecule has 0 aliphatic heterocycles. The van der Waals surface area contributed by atoms with Gasteiger partial charge in [-0.2, -0.15) is 5.10 Å². The fourth-order valence-electron chi connectivity index (χ4n) is 1.44. The maximum Gasteiger partial charge on any atom is 0.345 e. The molecule has 0 saturated heterocycles. The zero-order valence-electron chi connectivity index (χ0n) is 8.80. The Morgan fingerprint density at radius 2 is 1.94 bits per heavy atom. The molecule has 0 unspecified atom stereocenters. The summed E-state index contributed by atoms with van der Waals surface area (Å²) in [6, 6.07) is 9.34. The first-order valence-electron chi connectivity index (χ1n) is 4.88. The van der Waals surface area contributed by atoms with Gasteiger partial charge >= 0.3 is 5.69 Å². The maximum absolute atomic E-state index is 11.7. The topological polar surface area (TPSA) is 67.8 Å². The lowest BCUT2D eigenvalue weighted by molar-refractivity contribution is 0.655. The first-order chi connectivity index (χ1) is 7.68. The molecule has 5 nitrogen and oxygen atoms in total. The van der Waals surface area contributed by atoms with Crippen molar-refractivity contribution in [3.05, 3.63) is 62.4 Å². The van der Waals surface area contributed by atoms with Crippen molar-refractivity contribution in [3.8, 4) is 0 Å². The van der Waals surface area contributed by atoms with E-state index in [2.05, 4.69) is 10.2 Å². The van der Waals surface area contributed by atoms with Crippen LogP contribution in [0.5, 0.6) is 0 Å². The molecule has 1 heterocycles. The normalized spacial score (nSPS) is 10.3. The second-order valence-electron chi connectivity index (χ2n) is 3.49. The maximum atomic E-state index is 11.7. The Balaban J connectivity index is 2.47. The Kier molecular flexibility index (Phi) is 2.68. The molecule has 5 heteroatoms. The Morgan fingerprint density at radius 1 is 1.25 bits per heavy atom. The second-order valence-corrected chi connectivity index (χ2v) is 3.49. The molecule has 0 aliphatic carbocycles. The third-order valence-electron chi connectivity index (χ3n) is 2.30. The van der Waals surface area contributed by atoms with Crippen LogP contribution in [0.2, 0.25) is 0 Å². The van der Waals surface area contributed by atoms with E-state index in [0.29, 0.717) is 0 Å². The standard InChI is InChI=1S/C11H11N3O2/c1-8-10(15)14(11(16)13-12-8)7-9-5-3-2-4-6-9/h2-6H,7H2,1H3,(H,13,16). The van der Waals surface area contributed by atoms with Gasteiger partial charge in [-0.1, -0.05) is 30.3 Å². The van der Waals surface area contributed by atoms with Gasteiger partial charge < -0.3 is 0 Å². The summed E-state index contributed by atoms with van der Waals surface area (Å²) < 4.78 is 1.14. The molecular weight excluding hydrogens is 206 g/mol. The molecule has 1 aromatic carbocycles. The minimum absolute atomic E-state index is 0.262. The first-order valence-corrected chi connectivity index (χ1v) is 4.88. The van der Waals surface area contributed by atoms with Gasteiger partial charge in [-0.3, -0.25) is 9.36 Å². The van der Waals surface area contributed by atoms with Crippen molar-refractivity contribution in [1.29, 1.82) is 0 Å². The SMILES string of the molecule is Cc1n[nH]c(=O)n(Cc2ccccc2)c1=O. The van der Waals surface area contributed by atoms with E-state index < -0.39 is 5.69 Å². The highest BCUT2D eigenvalue weighted by Crippen LogP contribution is 1.98. The Labute approximate surface area is 91.4 Å². The Morgan fingerprint density at radius 3 is 2.62 bits per heavy atom. The van der Waals surface area contributed by atoms with Crippen LogP contribution in [0.25, 0.3) is 0 Å². The van der Waals surface area contributed by atoms with Crippen LogP contribution in [0, 0.1) is 6.92 Å². The van der Waals surface area contributed by atoms with E-state index in [1.54, 1.807) is 6.92 Å². The Bertz CT molecular complexity index is 599. The number of H-pyrrole nitrogens is 1. The van der Waals surface area contributed by atoms with E-state index in [0.717, 1.165) is 10.1 Å². The minimum Gasteiger partial charge on any atom is -0.267 e. The molecule has 2 aromatic rings. The summed E-state index contributed by atoms with van der Waals surface area (Å²) >= 11 is 0. The zero-order valence-corrected chi connectivity index (χ0v) is 8.80. The average molecular weight is 217 g/mol. The second kappa shape index (κ2) is 4.14. The number of nitrogens with one attached hydrogen (secondary N) is 1. The van der Waals surface area contributed by atoms with Crippen LogP contribution < -0.4 is 11.2 Å². The van der Waals surface area contributed by atoms with Gasteiger partial charge in [-0.25, -0.2) is 9.89 Å². The summed E-state index contributed by atoms with van der Waals surface area (Å²) in [6.07, 6.45) is 0. The van der Waals surface area contributed by atoms with Crippen molar-refractivity contribution in [2.24, 2.45) is 0 Å². The van der Waals surface area contributed by atoms with E-state index in [1.807, 2.05) is 30.3 Å². The average Bonchev–Trinajstić information content (AvgIpc) is 2.31. The van der Waals surface area contributed by atoms with Crippen molar-refractivity contribution >= 4 is 0 Å². The van der Waals surface area contributed by atoms with Gasteiger partial charge in [0.15, 0.2) is 0 Å². The highest BCUT2D eigenvalue weighted by Gasteiger charge is 2.05. The molecule has 16 heavy (non-hydrogen) atoms. The van der Waals surface area contributed by atoms with E-state index in [9.17, 15) is 9.59 Å². The summed E-state index contributed by atoms with van der Waals surface area (Å²) in [6.45, 7) is 1.83. The summed E-state index contributed by atoms with van der Waals surface area (Å²) in [5.74, 6) is 0. The lowest BCUT2D eigenvalue weighted by atomic mass is 10.2. The van der Waals surface area contributed by atoms with Crippen LogP contribution in [-0.4, -0.2) is 14.8 Å². The van der Waals surface area contributed by atoms with Crippen molar-refractivity contribution in [2.75, 3.05) is 0 Å². The molecule has 0 bridgehead atoms. The number of aryl methyl sites for hydroxylation is 1. The van der Waals surface area contributed by atoms with E-state index in [1.165, 1.54) is 0 Å². The van der Waals surface area contributed by atoms with Crippen LogP contribution in [0.3, 0.4) is 0 Å². The summed E-state index contributed by atoms with van der Waals surface area (Å²) in [5, 5.41) is 5.90. The molecule has 0 aliphatic rings. The molecule has 0 fully saturated rings. The molecule has 0 atom stereocenters. The van der Waals surface area contributed by atoms with Gasteiger partial charge in [0.1, 0.15) is 5.69 Å². The van der Waals surface area contributed by atoms with Gasteiger partial charge in [0.25, 0.3) is 5.56 Å². The van der Waals surface area contributed by atoms with Crippen LogP contribution >= 0.6 is 0 Å².